The van der Waals surface area contributed by atoms with Crippen LogP contribution in [0.2, 0.25) is 0 Å². The van der Waals surface area contributed by atoms with Gasteiger partial charge in [0.15, 0.2) is 0 Å². The van der Waals surface area contributed by atoms with Crippen molar-refractivity contribution in [2.24, 2.45) is 0 Å². The fourth-order valence-electron chi connectivity index (χ4n) is 2.87. The van der Waals surface area contributed by atoms with Crippen molar-refractivity contribution in [3.8, 4) is 17.2 Å². The minimum atomic E-state index is -2.01. The molecule has 5 heteroatoms. The fourth-order valence-corrected chi connectivity index (χ4v) is 7.72. The van der Waals surface area contributed by atoms with Crippen molar-refractivity contribution in [3.63, 3.8) is 0 Å². The Labute approximate surface area is 162 Å². The number of ether oxygens (including phenoxy) is 3. The summed E-state index contributed by atoms with van der Waals surface area (Å²) in [6.07, 6.45) is 0. The molecule has 0 bridgehead atoms. The monoisotopic (exact) mass is 432 g/mol. The Bertz CT molecular complexity index is 833. The number of hydrogen-bond acceptors (Lipinski definition) is 3. The third-order valence-electron chi connectivity index (χ3n) is 4.25. The molecule has 0 saturated heterocycles. The number of benzene rings is 3. The fraction of sp³-hybridized carbons (Fsp3) is 0.143. The van der Waals surface area contributed by atoms with Crippen molar-refractivity contribution in [2.75, 3.05) is 21.3 Å². The Balaban J connectivity index is 2.28. The molecule has 134 valence electrons. The molecular weight excluding hydrogens is 410 g/mol. The van der Waals surface area contributed by atoms with Gasteiger partial charge in [-0.15, -0.1) is 0 Å². The molecule has 0 heterocycles. The first-order valence-electron chi connectivity index (χ1n) is 8.15. The second kappa shape index (κ2) is 8.14. The van der Waals surface area contributed by atoms with E-state index in [-0.39, 0.29) is 0 Å². The van der Waals surface area contributed by atoms with Crippen LogP contribution >= 0.6 is 5.51 Å². The molecule has 0 fully saturated rings. The summed E-state index contributed by atoms with van der Waals surface area (Å²) in [6, 6.07) is 24.7. The van der Waals surface area contributed by atoms with Crippen LogP contribution in [0, 0.1) is 0 Å². The number of rotatable bonds is 6. The van der Waals surface area contributed by atoms with Crippen LogP contribution in [-0.2, 0) is 0 Å². The Morgan fingerprint density at radius 3 is 1.15 bits per heavy atom. The second-order valence-corrected chi connectivity index (χ2v) is 11.9. The van der Waals surface area contributed by atoms with E-state index in [4.69, 9.17) is 14.2 Å². The van der Waals surface area contributed by atoms with Crippen LogP contribution in [-0.4, -0.2) is 36.4 Å². The number of hydrogen-bond donors (Lipinski definition) is 0. The normalized spacial score (nSPS) is 11.0. The third kappa shape index (κ3) is 3.59. The molecule has 0 radical (unpaired) electrons. The number of methoxy groups -OCH3 is 3. The summed E-state index contributed by atoms with van der Waals surface area (Å²) in [5, 5.41) is 3.58. The summed E-state index contributed by atoms with van der Waals surface area (Å²) < 4.78 is 16.4. The molecule has 0 aliphatic carbocycles. The predicted molar refractivity (Wildman–Crippen MR) is 111 cm³/mol. The first-order valence-corrected chi connectivity index (χ1v) is 12.2. The van der Waals surface area contributed by atoms with E-state index in [0.29, 0.717) is 0 Å². The summed E-state index contributed by atoms with van der Waals surface area (Å²) in [5.74, 6) is 2.52. The first kappa shape index (κ1) is 18.8. The molecule has 26 heavy (non-hydrogen) atoms. The maximum atomic E-state index is 5.47. The third-order valence-corrected chi connectivity index (χ3v) is 11.2. The van der Waals surface area contributed by atoms with E-state index >= 15 is 0 Å². The Hall–Kier alpha value is -1.99. The van der Waals surface area contributed by atoms with Crippen molar-refractivity contribution in [3.05, 3.63) is 72.8 Å². The van der Waals surface area contributed by atoms with Gasteiger partial charge in [0.25, 0.3) is 0 Å². The molecule has 0 amide bonds. The zero-order valence-electron chi connectivity index (χ0n) is 15.0. The van der Waals surface area contributed by atoms with Crippen LogP contribution in [0.15, 0.2) is 72.8 Å². The topological polar surface area (TPSA) is 27.7 Å². The van der Waals surface area contributed by atoms with Gasteiger partial charge in [-0.05, 0) is 0 Å². The average molecular weight is 431 g/mol. The van der Waals surface area contributed by atoms with E-state index in [1.807, 2.05) is 36.4 Å². The van der Waals surface area contributed by atoms with Gasteiger partial charge in [-0.1, -0.05) is 0 Å². The van der Waals surface area contributed by atoms with Gasteiger partial charge in [0.05, 0.1) is 0 Å². The van der Waals surface area contributed by atoms with Crippen molar-refractivity contribution >= 4 is 36.5 Å². The summed E-state index contributed by atoms with van der Waals surface area (Å²) in [7, 11) is 5.07. The van der Waals surface area contributed by atoms with Crippen LogP contribution in [0.25, 0.3) is 0 Å². The average Bonchev–Trinajstić information content (AvgIpc) is 2.73. The molecule has 3 rings (SSSR count). The van der Waals surface area contributed by atoms with E-state index in [1.54, 1.807) is 21.3 Å². The molecule has 0 spiro atoms. The van der Waals surface area contributed by atoms with Crippen LogP contribution in [0.1, 0.15) is 0 Å². The molecule has 0 unspecified atom stereocenters. The summed E-state index contributed by atoms with van der Waals surface area (Å²) in [5.41, 5.74) is -2.01. The molecule has 0 saturated carbocycles. The second-order valence-electron chi connectivity index (χ2n) is 5.71. The van der Waals surface area contributed by atoms with Crippen LogP contribution in [0.4, 0.5) is 0 Å². The molecular formula is C21H21O3PSe. The van der Waals surface area contributed by atoms with Crippen LogP contribution in [0.5, 0.6) is 17.2 Å². The van der Waals surface area contributed by atoms with E-state index in [1.165, 1.54) is 15.9 Å². The molecule has 0 aliphatic heterocycles. The Morgan fingerprint density at radius 1 is 0.577 bits per heavy atom. The summed E-state index contributed by atoms with van der Waals surface area (Å²) in [6.45, 7) is 0. The molecule has 0 aliphatic rings. The van der Waals surface area contributed by atoms with Gasteiger partial charge < -0.3 is 0 Å². The van der Waals surface area contributed by atoms with Gasteiger partial charge in [0.1, 0.15) is 0 Å². The first-order chi connectivity index (χ1) is 12.6. The maximum absolute atomic E-state index is 5.47. The molecule has 0 aromatic heterocycles. The summed E-state index contributed by atoms with van der Waals surface area (Å²) in [4.78, 5) is 0. The van der Waals surface area contributed by atoms with Gasteiger partial charge in [-0.2, -0.15) is 0 Å². The molecule has 0 N–H and O–H groups in total. The zero-order valence-corrected chi connectivity index (χ0v) is 17.6. The quantitative estimate of drug-likeness (QED) is 0.444. The van der Waals surface area contributed by atoms with Gasteiger partial charge in [-0.3, -0.25) is 0 Å². The van der Waals surface area contributed by atoms with Crippen LogP contribution in [0.3, 0.4) is 0 Å². The van der Waals surface area contributed by atoms with E-state index in [0.717, 1.165) is 17.2 Å². The SMILES string of the molecule is COc1cccc(P(=[Se])(c2cccc(OC)c2)c2cccc(OC)c2)c1. The standard InChI is InChI=1S/C21H21O3PSe/c1-22-16-7-4-10-19(13-16)25(26,20-11-5-8-17(14-20)23-2)21-12-6-9-18(15-21)24-3/h4-15H,1-3H3. The molecule has 3 nitrogen and oxygen atoms in total. The zero-order chi connectivity index (χ0) is 18.6. The van der Waals surface area contributed by atoms with Gasteiger partial charge in [-0.25, -0.2) is 0 Å². The van der Waals surface area contributed by atoms with E-state index in [2.05, 4.69) is 51.5 Å². The van der Waals surface area contributed by atoms with Gasteiger partial charge in [0.2, 0.25) is 0 Å². The predicted octanol–water partition coefficient (Wildman–Crippen LogP) is 3.09. The van der Waals surface area contributed by atoms with Crippen molar-refractivity contribution in [1.82, 2.24) is 0 Å². The Kier molecular flexibility index (Phi) is 5.88. The molecule has 0 atom stereocenters. The van der Waals surface area contributed by atoms with Crippen LogP contribution < -0.4 is 30.1 Å². The molecule has 3 aromatic rings. The van der Waals surface area contributed by atoms with Gasteiger partial charge in [0, 0.05) is 0 Å². The van der Waals surface area contributed by atoms with Gasteiger partial charge >= 0.3 is 162 Å². The summed E-state index contributed by atoms with van der Waals surface area (Å²) >= 11 is 3.54. The van der Waals surface area contributed by atoms with E-state index < -0.39 is 5.51 Å². The Morgan fingerprint density at radius 2 is 0.885 bits per heavy atom. The van der Waals surface area contributed by atoms with Crippen molar-refractivity contribution in [2.45, 2.75) is 0 Å². The molecule has 3 aromatic carbocycles. The minimum absolute atomic E-state index is 0.841. The van der Waals surface area contributed by atoms with E-state index in [9.17, 15) is 0 Å². The van der Waals surface area contributed by atoms with Crippen molar-refractivity contribution < 1.29 is 14.2 Å². The van der Waals surface area contributed by atoms with Crippen molar-refractivity contribution in [1.29, 1.82) is 0 Å².